The molecule has 0 fully saturated rings. The lowest BCUT2D eigenvalue weighted by atomic mass is 10.2. The summed E-state index contributed by atoms with van der Waals surface area (Å²) in [7, 11) is 0. The van der Waals surface area contributed by atoms with Crippen LogP contribution in [0.4, 0.5) is 10.5 Å². The maximum atomic E-state index is 11.7. The number of hydrogen-bond donors (Lipinski definition) is 0. The second-order valence-corrected chi connectivity index (χ2v) is 4.60. The molecule has 0 unspecified atom stereocenters. The third kappa shape index (κ3) is 5.22. The van der Waals surface area contributed by atoms with E-state index in [1.54, 1.807) is 12.1 Å². The summed E-state index contributed by atoms with van der Waals surface area (Å²) in [5.41, 5.74) is 0.659. The molecule has 20 heavy (non-hydrogen) atoms. The van der Waals surface area contributed by atoms with Crippen LogP contribution in [-0.2, 0) is 11.3 Å². The van der Waals surface area contributed by atoms with Crippen molar-refractivity contribution in [2.24, 2.45) is 0 Å². The molecule has 6 nitrogen and oxygen atoms in total. The van der Waals surface area contributed by atoms with E-state index in [0.29, 0.717) is 30.4 Å². The summed E-state index contributed by atoms with van der Waals surface area (Å²) in [5, 5.41) is 10.5. The first kappa shape index (κ1) is 16.5. The Balaban J connectivity index is 2.52. The number of hydrogen-bond acceptors (Lipinski definition) is 4. The number of benzene rings is 1. The van der Waals surface area contributed by atoms with Crippen LogP contribution in [0.25, 0.3) is 0 Å². The van der Waals surface area contributed by atoms with Crippen LogP contribution in [0.5, 0.6) is 0 Å². The molecule has 8 heteroatoms. The van der Waals surface area contributed by atoms with E-state index in [1.165, 1.54) is 17.0 Å². The summed E-state index contributed by atoms with van der Waals surface area (Å²) < 4.78 is 5.10. The number of non-ortho nitro benzene ring substituents is 1. The molecular formula is C12H14Cl2N2O4. The molecule has 0 heterocycles. The monoisotopic (exact) mass is 320 g/mol. The largest absolute Gasteiger partial charge is 0.445 e. The van der Waals surface area contributed by atoms with Crippen molar-refractivity contribution in [3.63, 3.8) is 0 Å². The average molecular weight is 321 g/mol. The van der Waals surface area contributed by atoms with Crippen molar-refractivity contribution in [2.75, 3.05) is 24.8 Å². The molecule has 0 saturated heterocycles. The molecule has 1 rings (SSSR count). The van der Waals surface area contributed by atoms with Crippen molar-refractivity contribution in [3.05, 3.63) is 39.9 Å². The van der Waals surface area contributed by atoms with Crippen LogP contribution in [0, 0.1) is 10.1 Å². The number of ether oxygens (including phenoxy) is 1. The van der Waals surface area contributed by atoms with Crippen molar-refractivity contribution in [2.45, 2.75) is 6.61 Å². The minimum Gasteiger partial charge on any atom is -0.445 e. The number of carbonyl (C=O) groups is 1. The predicted octanol–water partition coefficient (Wildman–Crippen LogP) is 3.01. The molecule has 0 atom stereocenters. The second kappa shape index (κ2) is 8.60. The zero-order valence-corrected chi connectivity index (χ0v) is 12.1. The van der Waals surface area contributed by atoms with Gasteiger partial charge in [0.25, 0.3) is 5.69 Å². The molecule has 0 aliphatic carbocycles. The summed E-state index contributed by atoms with van der Waals surface area (Å²) in [5.74, 6) is 0.590. The number of carbonyl (C=O) groups excluding carboxylic acids is 1. The molecule has 0 spiro atoms. The van der Waals surface area contributed by atoms with E-state index in [4.69, 9.17) is 27.9 Å². The van der Waals surface area contributed by atoms with Crippen molar-refractivity contribution in [1.29, 1.82) is 0 Å². The number of nitro groups is 1. The lowest BCUT2D eigenvalue weighted by molar-refractivity contribution is -0.384. The van der Waals surface area contributed by atoms with Gasteiger partial charge in [-0.2, -0.15) is 0 Å². The minimum absolute atomic E-state index is 0.00835. The molecule has 0 aliphatic heterocycles. The van der Waals surface area contributed by atoms with Crippen LogP contribution >= 0.6 is 23.2 Å². The number of nitrogens with zero attached hydrogens (tertiary/aromatic N) is 2. The van der Waals surface area contributed by atoms with Crippen molar-refractivity contribution in [3.8, 4) is 0 Å². The van der Waals surface area contributed by atoms with Gasteiger partial charge in [0.05, 0.1) is 4.92 Å². The molecule has 0 radical (unpaired) electrons. The Bertz CT molecular complexity index is 447. The van der Waals surface area contributed by atoms with Crippen LogP contribution in [0.2, 0.25) is 0 Å². The highest BCUT2D eigenvalue weighted by molar-refractivity contribution is 6.18. The Morgan fingerprint density at radius 1 is 1.20 bits per heavy atom. The smallest absolute Gasteiger partial charge is 0.410 e. The van der Waals surface area contributed by atoms with Gasteiger partial charge in [0, 0.05) is 37.0 Å². The first-order chi connectivity index (χ1) is 9.58. The predicted molar refractivity (Wildman–Crippen MR) is 76.3 cm³/mol. The molecule has 0 aromatic heterocycles. The highest BCUT2D eigenvalue weighted by atomic mass is 35.5. The van der Waals surface area contributed by atoms with E-state index in [2.05, 4.69) is 0 Å². The Morgan fingerprint density at radius 2 is 1.75 bits per heavy atom. The van der Waals surface area contributed by atoms with Crippen LogP contribution < -0.4 is 0 Å². The van der Waals surface area contributed by atoms with E-state index in [1.807, 2.05) is 0 Å². The minimum atomic E-state index is -0.510. The van der Waals surface area contributed by atoms with Gasteiger partial charge >= 0.3 is 6.09 Å². The fourth-order valence-electron chi connectivity index (χ4n) is 1.45. The van der Waals surface area contributed by atoms with Crippen molar-refractivity contribution < 1.29 is 14.5 Å². The normalized spacial score (nSPS) is 10.1. The highest BCUT2D eigenvalue weighted by Crippen LogP contribution is 2.13. The van der Waals surface area contributed by atoms with Gasteiger partial charge in [-0.05, 0) is 17.7 Å². The number of halogens is 2. The maximum absolute atomic E-state index is 11.7. The van der Waals surface area contributed by atoms with Gasteiger partial charge in [0.15, 0.2) is 0 Å². The van der Waals surface area contributed by atoms with Crippen LogP contribution in [0.1, 0.15) is 5.56 Å². The van der Waals surface area contributed by atoms with Crippen LogP contribution in [-0.4, -0.2) is 40.8 Å². The maximum Gasteiger partial charge on any atom is 0.410 e. The second-order valence-electron chi connectivity index (χ2n) is 3.84. The Morgan fingerprint density at radius 3 is 2.20 bits per heavy atom. The molecular weight excluding hydrogens is 307 g/mol. The molecule has 110 valence electrons. The molecule has 1 amide bonds. The third-order valence-electron chi connectivity index (χ3n) is 2.48. The number of rotatable bonds is 7. The average Bonchev–Trinajstić information content (AvgIpc) is 2.45. The van der Waals surface area contributed by atoms with Crippen LogP contribution in [0.3, 0.4) is 0 Å². The van der Waals surface area contributed by atoms with Gasteiger partial charge in [-0.25, -0.2) is 4.79 Å². The Labute approximate surface area is 126 Å². The van der Waals surface area contributed by atoms with E-state index < -0.39 is 11.0 Å². The molecule has 1 aromatic carbocycles. The fourth-order valence-corrected chi connectivity index (χ4v) is 1.86. The Kier molecular flexibility index (Phi) is 7.11. The Hall–Kier alpha value is -1.53. The first-order valence-corrected chi connectivity index (χ1v) is 6.92. The van der Waals surface area contributed by atoms with E-state index in [9.17, 15) is 14.9 Å². The molecule has 0 aliphatic rings. The third-order valence-corrected chi connectivity index (χ3v) is 2.81. The quantitative estimate of drug-likeness (QED) is 0.440. The molecule has 1 aromatic rings. The van der Waals surface area contributed by atoms with Gasteiger partial charge in [0.2, 0.25) is 0 Å². The zero-order valence-electron chi connectivity index (χ0n) is 10.6. The first-order valence-electron chi connectivity index (χ1n) is 5.85. The lowest BCUT2D eigenvalue weighted by Crippen LogP contribution is -2.34. The fraction of sp³-hybridized carbons (Fsp3) is 0.417. The van der Waals surface area contributed by atoms with Gasteiger partial charge in [-0.3, -0.25) is 10.1 Å². The van der Waals surface area contributed by atoms with E-state index in [0.717, 1.165) is 0 Å². The van der Waals surface area contributed by atoms with Gasteiger partial charge in [0.1, 0.15) is 6.61 Å². The van der Waals surface area contributed by atoms with E-state index in [-0.39, 0.29) is 12.3 Å². The number of alkyl halides is 2. The summed E-state index contributed by atoms with van der Waals surface area (Å²) in [6.45, 7) is 0.749. The summed E-state index contributed by atoms with van der Waals surface area (Å²) in [4.78, 5) is 23.2. The molecule has 0 saturated carbocycles. The summed E-state index contributed by atoms with van der Waals surface area (Å²) in [6, 6.07) is 5.80. The summed E-state index contributed by atoms with van der Waals surface area (Å²) in [6.07, 6.45) is -0.510. The number of amides is 1. The number of nitro benzene ring substituents is 1. The lowest BCUT2D eigenvalue weighted by Gasteiger charge is -2.19. The molecule has 0 bridgehead atoms. The van der Waals surface area contributed by atoms with E-state index >= 15 is 0 Å². The van der Waals surface area contributed by atoms with Gasteiger partial charge in [-0.1, -0.05) is 0 Å². The summed E-state index contributed by atoms with van der Waals surface area (Å²) >= 11 is 11.2. The SMILES string of the molecule is O=C(OCc1ccc([N+](=O)[O-])cc1)N(CCCl)CCCl. The van der Waals surface area contributed by atoms with Crippen molar-refractivity contribution >= 4 is 35.0 Å². The molecule has 0 N–H and O–H groups in total. The highest BCUT2D eigenvalue weighted by Gasteiger charge is 2.14. The zero-order chi connectivity index (χ0) is 15.0. The van der Waals surface area contributed by atoms with Crippen LogP contribution in [0.15, 0.2) is 24.3 Å². The van der Waals surface area contributed by atoms with Gasteiger partial charge < -0.3 is 9.64 Å². The van der Waals surface area contributed by atoms with Crippen molar-refractivity contribution in [1.82, 2.24) is 4.90 Å². The van der Waals surface area contributed by atoms with Gasteiger partial charge in [-0.15, -0.1) is 23.2 Å². The topological polar surface area (TPSA) is 72.7 Å². The standard InChI is InChI=1S/C12H14Cl2N2O4/c13-5-7-15(8-6-14)12(17)20-9-10-1-3-11(4-2-10)16(18)19/h1-4H,5-9H2.